The lowest BCUT2D eigenvalue weighted by Gasteiger charge is -2.22. The van der Waals surface area contributed by atoms with E-state index in [0.29, 0.717) is 10.3 Å². The molecule has 18 heavy (non-hydrogen) atoms. The van der Waals surface area contributed by atoms with Crippen LogP contribution in [0.3, 0.4) is 0 Å². The normalized spacial score (nSPS) is 19.1. The Morgan fingerprint density at radius 3 is 2.89 bits per heavy atom. The maximum absolute atomic E-state index is 10.3. The number of hydrogen-bond acceptors (Lipinski definition) is 3. The molecule has 1 saturated carbocycles. The molecule has 0 spiro atoms. The van der Waals surface area contributed by atoms with Crippen LogP contribution in [0.4, 0.5) is 0 Å². The molecule has 1 aromatic heterocycles. The van der Waals surface area contributed by atoms with Crippen molar-refractivity contribution < 1.29 is 5.11 Å². The van der Waals surface area contributed by atoms with E-state index in [2.05, 4.69) is 5.10 Å². The number of halogens is 1. The molecule has 3 nitrogen and oxygen atoms in total. The largest absolute Gasteiger partial charge is 0.386 e. The van der Waals surface area contributed by atoms with Crippen LogP contribution in [0, 0.1) is 0 Å². The van der Waals surface area contributed by atoms with Crippen molar-refractivity contribution in [1.82, 2.24) is 9.78 Å². The Balaban J connectivity index is 1.90. The minimum absolute atomic E-state index is 0.508. The first-order valence-electron chi connectivity index (χ1n) is 6.73. The van der Waals surface area contributed by atoms with Crippen LogP contribution >= 0.6 is 23.4 Å². The summed E-state index contributed by atoms with van der Waals surface area (Å²) in [6.45, 7) is 2.75. The van der Waals surface area contributed by atoms with Crippen molar-refractivity contribution in [2.45, 2.75) is 56.9 Å². The van der Waals surface area contributed by atoms with Gasteiger partial charge in [-0.15, -0.1) is 0 Å². The fourth-order valence-corrected chi connectivity index (χ4v) is 4.04. The maximum atomic E-state index is 10.3. The Bertz CT molecular complexity index is 377. The van der Waals surface area contributed by atoms with Crippen LogP contribution in [0.15, 0.2) is 6.20 Å². The summed E-state index contributed by atoms with van der Waals surface area (Å²) in [5.41, 5.74) is 0.766. The minimum Gasteiger partial charge on any atom is -0.386 e. The highest BCUT2D eigenvalue weighted by molar-refractivity contribution is 7.99. The van der Waals surface area contributed by atoms with Gasteiger partial charge >= 0.3 is 0 Å². The molecule has 2 rings (SSSR count). The first-order chi connectivity index (χ1) is 8.72. The third-order valence-corrected chi connectivity index (χ3v) is 5.23. The monoisotopic (exact) mass is 288 g/mol. The lowest BCUT2D eigenvalue weighted by atomic mass is 10.0. The van der Waals surface area contributed by atoms with E-state index in [9.17, 15) is 5.11 Å². The first kappa shape index (κ1) is 14.2. The van der Waals surface area contributed by atoms with Crippen molar-refractivity contribution in [3.8, 4) is 0 Å². The van der Waals surface area contributed by atoms with Gasteiger partial charge in [0.05, 0.1) is 16.9 Å². The number of aromatic nitrogens is 2. The van der Waals surface area contributed by atoms with Crippen molar-refractivity contribution in [1.29, 1.82) is 0 Å². The lowest BCUT2D eigenvalue weighted by molar-refractivity contribution is 0.192. The summed E-state index contributed by atoms with van der Waals surface area (Å²) in [5.74, 6) is 0.718. The Kier molecular flexibility index (Phi) is 5.39. The van der Waals surface area contributed by atoms with Crippen LogP contribution < -0.4 is 0 Å². The van der Waals surface area contributed by atoms with Crippen LogP contribution in [-0.2, 0) is 6.54 Å². The van der Waals surface area contributed by atoms with E-state index in [1.807, 2.05) is 18.7 Å². The summed E-state index contributed by atoms with van der Waals surface area (Å²) in [6.07, 6.45) is 7.73. The van der Waals surface area contributed by atoms with E-state index in [0.717, 1.165) is 18.0 Å². The lowest BCUT2D eigenvalue weighted by Crippen LogP contribution is -2.14. The maximum Gasteiger partial charge on any atom is 0.106 e. The molecule has 0 aliphatic heterocycles. The SMILES string of the molecule is CCn1ncc(Cl)c1C(O)CSC1CCCCC1. The van der Waals surface area contributed by atoms with Crippen molar-refractivity contribution in [3.63, 3.8) is 0 Å². The third-order valence-electron chi connectivity index (χ3n) is 3.49. The fourth-order valence-electron chi connectivity index (χ4n) is 2.49. The molecule has 1 aliphatic carbocycles. The van der Waals surface area contributed by atoms with Gasteiger partial charge in [0.25, 0.3) is 0 Å². The van der Waals surface area contributed by atoms with Gasteiger partial charge in [-0.1, -0.05) is 30.9 Å². The van der Waals surface area contributed by atoms with Crippen LogP contribution in [0.25, 0.3) is 0 Å². The summed E-state index contributed by atoms with van der Waals surface area (Å²) in [6, 6.07) is 0. The molecule has 0 aromatic carbocycles. The number of thioether (sulfide) groups is 1. The fraction of sp³-hybridized carbons (Fsp3) is 0.769. The van der Waals surface area contributed by atoms with E-state index in [1.54, 1.807) is 10.9 Å². The molecule has 5 heteroatoms. The van der Waals surface area contributed by atoms with Crippen molar-refractivity contribution in [2.75, 3.05) is 5.75 Å². The zero-order chi connectivity index (χ0) is 13.0. The molecule has 1 aromatic rings. The summed E-state index contributed by atoms with van der Waals surface area (Å²) < 4.78 is 1.79. The summed E-state index contributed by atoms with van der Waals surface area (Å²) >= 11 is 7.97. The van der Waals surface area contributed by atoms with Crippen LogP contribution in [0.2, 0.25) is 5.02 Å². The molecule has 1 heterocycles. The summed E-state index contributed by atoms with van der Waals surface area (Å²) in [7, 11) is 0. The number of aliphatic hydroxyl groups excluding tert-OH is 1. The second-order valence-corrected chi connectivity index (χ2v) is 6.54. The van der Waals surface area contributed by atoms with E-state index in [-0.39, 0.29) is 0 Å². The Morgan fingerprint density at radius 2 is 2.22 bits per heavy atom. The smallest absolute Gasteiger partial charge is 0.106 e. The van der Waals surface area contributed by atoms with E-state index >= 15 is 0 Å². The standard InChI is InChI=1S/C13H21ClN2OS/c1-2-16-13(11(14)8-15-16)12(17)9-18-10-6-4-3-5-7-10/h8,10,12,17H,2-7,9H2,1H3. The second-order valence-electron chi connectivity index (χ2n) is 4.80. The highest BCUT2D eigenvalue weighted by Crippen LogP contribution is 2.32. The average Bonchev–Trinajstić information content (AvgIpc) is 2.78. The van der Waals surface area contributed by atoms with Crippen molar-refractivity contribution in [2.24, 2.45) is 0 Å². The minimum atomic E-state index is -0.508. The number of hydrogen-bond donors (Lipinski definition) is 1. The van der Waals surface area contributed by atoms with Gasteiger partial charge in [-0.2, -0.15) is 16.9 Å². The molecule has 0 bridgehead atoms. The van der Waals surface area contributed by atoms with Gasteiger partial charge in [0.15, 0.2) is 0 Å². The molecule has 0 amide bonds. The Labute approximate surface area is 118 Å². The van der Waals surface area contributed by atoms with E-state index in [4.69, 9.17) is 11.6 Å². The van der Waals surface area contributed by atoms with Gasteiger partial charge < -0.3 is 5.11 Å². The van der Waals surface area contributed by atoms with Gasteiger partial charge in [-0.3, -0.25) is 4.68 Å². The Morgan fingerprint density at radius 1 is 1.50 bits per heavy atom. The van der Waals surface area contributed by atoms with Gasteiger partial charge in [0, 0.05) is 17.5 Å². The number of aliphatic hydroxyl groups is 1. The predicted octanol–water partition coefficient (Wildman–Crippen LogP) is 3.66. The number of rotatable bonds is 5. The molecule has 1 unspecified atom stereocenters. The topological polar surface area (TPSA) is 38.0 Å². The molecule has 1 atom stereocenters. The zero-order valence-corrected chi connectivity index (χ0v) is 12.4. The molecular weight excluding hydrogens is 268 g/mol. The molecule has 1 fully saturated rings. The summed E-state index contributed by atoms with van der Waals surface area (Å²) in [4.78, 5) is 0. The van der Waals surface area contributed by atoms with Crippen LogP contribution in [-0.4, -0.2) is 25.9 Å². The van der Waals surface area contributed by atoms with Gasteiger partial charge in [0.2, 0.25) is 0 Å². The molecule has 0 radical (unpaired) electrons. The molecule has 1 aliphatic rings. The molecular formula is C13H21ClN2OS. The van der Waals surface area contributed by atoms with Gasteiger partial charge in [-0.25, -0.2) is 0 Å². The van der Waals surface area contributed by atoms with Crippen molar-refractivity contribution in [3.05, 3.63) is 16.9 Å². The van der Waals surface area contributed by atoms with Gasteiger partial charge in [0.1, 0.15) is 6.10 Å². The highest BCUT2D eigenvalue weighted by atomic mass is 35.5. The Hall–Kier alpha value is -0.190. The quantitative estimate of drug-likeness (QED) is 0.899. The number of aryl methyl sites for hydroxylation is 1. The average molecular weight is 289 g/mol. The number of nitrogens with zero attached hydrogens (tertiary/aromatic N) is 2. The van der Waals surface area contributed by atoms with E-state index in [1.165, 1.54) is 32.1 Å². The van der Waals surface area contributed by atoms with Gasteiger partial charge in [-0.05, 0) is 19.8 Å². The van der Waals surface area contributed by atoms with E-state index < -0.39 is 6.10 Å². The predicted molar refractivity (Wildman–Crippen MR) is 77.2 cm³/mol. The van der Waals surface area contributed by atoms with Crippen molar-refractivity contribution >= 4 is 23.4 Å². The summed E-state index contributed by atoms with van der Waals surface area (Å²) in [5, 5.41) is 15.7. The molecule has 1 N–H and O–H groups in total. The third kappa shape index (κ3) is 3.43. The molecule has 0 saturated heterocycles. The second kappa shape index (κ2) is 6.83. The molecule has 102 valence electrons. The highest BCUT2D eigenvalue weighted by Gasteiger charge is 2.20. The first-order valence-corrected chi connectivity index (χ1v) is 8.16. The zero-order valence-electron chi connectivity index (χ0n) is 10.8. The van der Waals surface area contributed by atoms with Crippen LogP contribution in [0.1, 0.15) is 50.8 Å². The van der Waals surface area contributed by atoms with Crippen LogP contribution in [0.5, 0.6) is 0 Å².